The number of carbonyl (C=O) groups excluding carboxylic acids is 1. The average Bonchev–Trinajstić information content (AvgIpc) is 2.72. The first-order valence-electron chi connectivity index (χ1n) is 8.87. The zero-order valence-corrected chi connectivity index (χ0v) is 16.4. The normalized spacial score (nSPS) is 18.5. The molecule has 1 aliphatic rings. The molecule has 138 valence electrons. The van der Waals surface area contributed by atoms with Crippen LogP contribution in [0.25, 0.3) is 0 Å². The highest BCUT2D eigenvalue weighted by molar-refractivity contribution is 6.62. The highest BCUT2D eigenvalue weighted by Gasteiger charge is 2.51. The van der Waals surface area contributed by atoms with E-state index in [-0.39, 0.29) is 23.7 Å². The van der Waals surface area contributed by atoms with Crippen LogP contribution in [0.2, 0.25) is 0 Å². The van der Waals surface area contributed by atoms with Gasteiger partial charge < -0.3 is 19.4 Å². The standard InChI is InChI=1S/C19H30BNO4/c1-13(2)11-21-17(22)12-23-16-9-8-15(10-14(16)3)20-24-18(4,5)19(6,7)25-20/h8-10,13H,11-12H2,1-7H3,(H,21,22). The van der Waals surface area contributed by atoms with Crippen molar-refractivity contribution in [2.75, 3.05) is 13.2 Å². The molecule has 6 heteroatoms. The molecular formula is C19H30BNO4. The van der Waals surface area contributed by atoms with Crippen molar-refractivity contribution in [1.29, 1.82) is 0 Å². The Morgan fingerprint density at radius 1 is 1.20 bits per heavy atom. The molecule has 0 aliphatic carbocycles. The Balaban J connectivity index is 1.98. The third-order valence-corrected chi connectivity index (χ3v) is 4.79. The Bertz CT molecular complexity index is 612. The van der Waals surface area contributed by atoms with Crippen molar-refractivity contribution in [1.82, 2.24) is 5.32 Å². The van der Waals surface area contributed by atoms with Gasteiger partial charge in [0.15, 0.2) is 6.61 Å². The van der Waals surface area contributed by atoms with E-state index in [1.165, 1.54) is 0 Å². The molecule has 1 aromatic carbocycles. The van der Waals surface area contributed by atoms with Crippen LogP contribution in [0, 0.1) is 12.8 Å². The summed E-state index contributed by atoms with van der Waals surface area (Å²) < 4.78 is 17.8. The molecule has 1 aromatic rings. The van der Waals surface area contributed by atoms with E-state index in [2.05, 4.69) is 19.2 Å². The number of aryl methyl sites for hydroxylation is 1. The zero-order chi connectivity index (χ0) is 18.8. The maximum atomic E-state index is 11.8. The van der Waals surface area contributed by atoms with Crippen molar-refractivity contribution in [2.24, 2.45) is 5.92 Å². The van der Waals surface area contributed by atoms with Gasteiger partial charge >= 0.3 is 7.12 Å². The van der Waals surface area contributed by atoms with Crippen molar-refractivity contribution in [3.8, 4) is 5.75 Å². The summed E-state index contributed by atoms with van der Waals surface area (Å²) in [5.41, 5.74) is 1.17. The quantitative estimate of drug-likeness (QED) is 0.803. The van der Waals surface area contributed by atoms with Gasteiger partial charge in [-0.25, -0.2) is 0 Å². The van der Waals surface area contributed by atoms with Gasteiger partial charge in [0.05, 0.1) is 11.2 Å². The topological polar surface area (TPSA) is 56.8 Å². The first-order chi connectivity index (χ1) is 11.5. The van der Waals surface area contributed by atoms with Crippen LogP contribution in [0.15, 0.2) is 18.2 Å². The minimum absolute atomic E-state index is 0.0173. The van der Waals surface area contributed by atoms with Gasteiger partial charge in [-0.2, -0.15) is 0 Å². The minimum atomic E-state index is -0.396. The molecule has 0 saturated carbocycles. The summed E-state index contributed by atoms with van der Waals surface area (Å²) in [5, 5.41) is 2.84. The Labute approximate surface area is 151 Å². The van der Waals surface area contributed by atoms with Gasteiger partial charge in [-0.05, 0) is 57.6 Å². The van der Waals surface area contributed by atoms with Gasteiger partial charge in [0.1, 0.15) is 5.75 Å². The minimum Gasteiger partial charge on any atom is -0.484 e. The van der Waals surface area contributed by atoms with Crippen molar-refractivity contribution in [3.63, 3.8) is 0 Å². The third kappa shape index (κ3) is 4.76. The Morgan fingerprint density at radius 2 is 1.80 bits per heavy atom. The summed E-state index contributed by atoms with van der Waals surface area (Å²) in [7, 11) is -0.396. The van der Waals surface area contributed by atoms with E-state index in [1.807, 2.05) is 52.8 Å². The van der Waals surface area contributed by atoms with Crippen LogP contribution in [-0.2, 0) is 14.1 Å². The van der Waals surface area contributed by atoms with E-state index in [1.54, 1.807) is 0 Å². The largest absolute Gasteiger partial charge is 0.494 e. The van der Waals surface area contributed by atoms with Gasteiger partial charge in [-0.15, -0.1) is 0 Å². The molecule has 0 atom stereocenters. The van der Waals surface area contributed by atoms with Gasteiger partial charge in [0, 0.05) is 6.54 Å². The lowest BCUT2D eigenvalue weighted by molar-refractivity contribution is -0.123. The number of benzene rings is 1. The molecule has 1 saturated heterocycles. The molecule has 1 aliphatic heterocycles. The highest BCUT2D eigenvalue weighted by atomic mass is 16.7. The number of rotatable bonds is 6. The smallest absolute Gasteiger partial charge is 0.484 e. The van der Waals surface area contributed by atoms with Gasteiger partial charge in [-0.1, -0.05) is 26.0 Å². The van der Waals surface area contributed by atoms with E-state index in [0.717, 1.165) is 11.0 Å². The molecule has 1 heterocycles. The Hall–Kier alpha value is -1.53. The summed E-state index contributed by atoms with van der Waals surface area (Å²) in [4.78, 5) is 11.8. The van der Waals surface area contributed by atoms with Gasteiger partial charge in [0.25, 0.3) is 5.91 Å². The zero-order valence-electron chi connectivity index (χ0n) is 16.4. The third-order valence-electron chi connectivity index (χ3n) is 4.79. The Kier molecular flexibility index (Phi) is 5.84. The van der Waals surface area contributed by atoms with E-state index in [0.29, 0.717) is 18.2 Å². The number of hydrogen-bond acceptors (Lipinski definition) is 4. The summed E-state index contributed by atoms with van der Waals surface area (Å²) in [5.74, 6) is 1.01. The summed E-state index contributed by atoms with van der Waals surface area (Å²) >= 11 is 0. The lowest BCUT2D eigenvalue weighted by Gasteiger charge is -2.32. The lowest BCUT2D eigenvalue weighted by Crippen LogP contribution is -2.41. The average molecular weight is 347 g/mol. The fourth-order valence-corrected chi connectivity index (χ4v) is 2.47. The number of hydrogen-bond donors (Lipinski definition) is 1. The van der Waals surface area contributed by atoms with Crippen molar-refractivity contribution in [2.45, 2.75) is 59.7 Å². The number of nitrogens with one attached hydrogen (secondary N) is 1. The predicted octanol–water partition coefficient (Wildman–Crippen LogP) is 2.45. The monoisotopic (exact) mass is 347 g/mol. The van der Waals surface area contributed by atoms with Crippen molar-refractivity contribution in [3.05, 3.63) is 23.8 Å². The van der Waals surface area contributed by atoms with Crippen molar-refractivity contribution < 1.29 is 18.8 Å². The molecule has 25 heavy (non-hydrogen) atoms. The molecule has 0 bridgehead atoms. The van der Waals surface area contributed by atoms with Crippen LogP contribution in [0.1, 0.15) is 47.1 Å². The second-order valence-electron chi connectivity index (χ2n) is 8.10. The van der Waals surface area contributed by atoms with Crippen LogP contribution in [0.4, 0.5) is 0 Å². The number of carbonyl (C=O) groups is 1. The lowest BCUT2D eigenvalue weighted by atomic mass is 9.78. The van der Waals surface area contributed by atoms with E-state index >= 15 is 0 Å². The number of ether oxygens (including phenoxy) is 1. The second-order valence-corrected chi connectivity index (χ2v) is 8.10. The van der Waals surface area contributed by atoms with Crippen LogP contribution in [0.3, 0.4) is 0 Å². The maximum absolute atomic E-state index is 11.8. The molecule has 1 amide bonds. The first kappa shape index (κ1) is 19.8. The van der Waals surface area contributed by atoms with Crippen LogP contribution >= 0.6 is 0 Å². The highest BCUT2D eigenvalue weighted by Crippen LogP contribution is 2.36. The van der Waals surface area contributed by atoms with E-state index in [4.69, 9.17) is 14.0 Å². The SMILES string of the molecule is Cc1cc(B2OC(C)(C)C(C)(C)O2)ccc1OCC(=O)NCC(C)C. The molecule has 0 radical (unpaired) electrons. The molecule has 1 N–H and O–H groups in total. The first-order valence-corrected chi connectivity index (χ1v) is 8.87. The fourth-order valence-electron chi connectivity index (χ4n) is 2.47. The Morgan fingerprint density at radius 3 is 2.32 bits per heavy atom. The fraction of sp³-hybridized carbons (Fsp3) is 0.632. The summed E-state index contributed by atoms with van der Waals surface area (Å²) in [6.07, 6.45) is 0. The predicted molar refractivity (Wildman–Crippen MR) is 100 cm³/mol. The summed E-state index contributed by atoms with van der Waals surface area (Å²) in [6.45, 7) is 14.9. The van der Waals surface area contributed by atoms with Gasteiger partial charge in [-0.3, -0.25) is 4.79 Å². The van der Waals surface area contributed by atoms with Gasteiger partial charge in [0.2, 0.25) is 0 Å². The molecule has 0 spiro atoms. The van der Waals surface area contributed by atoms with E-state index < -0.39 is 7.12 Å². The molecular weight excluding hydrogens is 317 g/mol. The number of amides is 1. The van der Waals surface area contributed by atoms with E-state index in [9.17, 15) is 4.79 Å². The second kappa shape index (κ2) is 7.38. The molecule has 2 rings (SSSR count). The van der Waals surface area contributed by atoms with Crippen molar-refractivity contribution >= 4 is 18.5 Å². The summed E-state index contributed by atoms with van der Waals surface area (Å²) in [6, 6.07) is 5.78. The maximum Gasteiger partial charge on any atom is 0.494 e. The molecule has 0 aromatic heterocycles. The molecule has 0 unspecified atom stereocenters. The molecule has 1 fully saturated rings. The van der Waals surface area contributed by atoms with Crippen LogP contribution < -0.4 is 15.5 Å². The van der Waals surface area contributed by atoms with Crippen LogP contribution in [0.5, 0.6) is 5.75 Å². The molecule has 5 nitrogen and oxygen atoms in total. The van der Waals surface area contributed by atoms with Crippen LogP contribution in [-0.4, -0.2) is 37.4 Å².